The molecule has 104 valence electrons. The molecule has 1 aliphatic rings. The fraction of sp³-hybridized carbons (Fsp3) is 0.529. The van der Waals surface area contributed by atoms with E-state index in [-0.39, 0.29) is 0 Å². The van der Waals surface area contributed by atoms with Gasteiger partial charge in [0.2, 0.25) is 0 Å². The van der Waals surface area contributed by atoms with E-state index in [4.69, 9.17) is 0 Å². The van der Waals surface area contributed by atoms with E-state index in [0.717, 1.165) is 18.1 Å². The molecule has 1 N–H and O–H groups in total. The lowest BCUT2D eigenvalue weighted by atomic mass is 9.71. The molecule has 0 heterocycles. The number of nitrogens with one attached hydrogen (secondary N) is 1. The van der Waals surface area contributed by atoms with E-state index in [0.29, 0.717) is 11.5 Å². The van der Waals surface area contributed by atoms with Crippen molar-refractivity contribution >= 4 is 11.8 Å². The van der Waals surface area contributed by atoms with E-state index in [2.05, 4.69) is 50.0 Å². The van der Waals surface area contributed by atoms with Crippen molar-refractivity contribution in [3.05, 3.63) is 48.0 Å². The predicted molar refractivity (Wildman–Crippen MR) is 87.0 cm³/mol. The number of hydrogen-bond acceptors (Lipinski definition) is 2. The van der Waals surface area contributed by atoms with Crippen LogP contribution in [-0.4, -0.2) is 18.1 Å². The molecular formula is C17H25NS. The Morgan fingerprint density at radius 3 is 3.00 bits per heavy atom. The first-order valence-electron chi connectivity index (χ1n) is 7.16. The summed E-state index contributed by atoms with van der Waals surface area (Å²) in [5.74, 6) is 2.21. The van der Waals surface area contributed by atoms with Crippen LogP contribution in [0.5, 0.6) is 0 Å². The average Bonchev–Trinajstić information content (AvgIpc) is 2.41. The van der Waals surface area contributed by atoms with E-state index in [1.165, 1.54) is 24.0 Å². The highest BCUT2D eigenvalue weighted by Crippen LogP contribution is 2.41. The second-order valence-electron chi connectivity index (χ2n) is 5.88. The lowest BCUT2D eigenvalue weighted by Gasteiger charge is -2.37. The minimum Gasteiger partial charge on any atom is -0.309 e. The van der Waals surface area contributed by atoms with E-state index in [9.17, 15) is 0 Å². The van der Waals surface area contributed by atoms with Gasteiger partial charge in [0.05, 0.1) is 0 Å². The van der Waals surface area contributed by atoms with Gasteiger partial charge in [-0.3, -0.25) is 0 Å². The average molecular weight is 275 g/mol. The van der Waals surface area contributed by atoms with Crippen molar-refractivity contribution in [3.8, 4) is 0 Å². The molecule has 0 amide bonds. The zero-order valence-electron chi connectivity index (χ0n) is 12.1. The zero-order valence-corrected chi connectivity index (χ0v) is 12.9. The fourth-order valence-electron chi connectivity index (χ4n) is 2.90. The van der Waals surface area contributed by atoms with Gasteiger partial charge in [-0.05, 0) is 29.4 Å². The van der Waals surface area contributed by atoms with Gasteiger partial charge >= 0.3 is 0 Å². The minimum absolute atomic E-state index is 0.326. The maximum Gasteiger partial charge on any atom is 0.0323 e. The van der Waals surface area contributed by atoms with Crippen LogP contribution >= 0.6 is 11.8 Å². The predicted octanol–water partition coefficient (Wildman–Crippen LogP) is 4.31. The summed E-state index contributed by atoms with van der Waals surface area (Å²) in [7, 11) is 0. The normalized spacial score (nSPS) is 20.8. The van der Waals surface area contributed by atoms with Gasteiger partial charge in [-0.25, -0.2) is 0 Å². The van der Waals surface area contributed by atoms with E-state index < -0.39 is 0 Å². The summed E-state index contributed by atoms with van der Waals surface area (Å²) in [5, 5.41) is 3.72. The van der Waals surface area contributed by atoms with Crippen LogP contribution in [0.3, 0.4) is 0 Å². The summed E-state index contributed by atoms with van der Waals surface area (Å²) in [4.78, 5) is 0. The Labute approximate surface area is 121 Å². The van der Waals surface area contributed by atoms with Crippen molar-refractivity contribution < 1.29 is 0 Å². The third-order valence-corrected chi connectivity index (χ3v) is 4.96. The highest BCUT2D eigenvalue weighted by Gasteiger charge is 2.31. The van der Waals surface area contributed by atoms with Gasteiger partial charge in [0.15, 0.2) is 0 Å². The number of hydrogen-bond donors (Lipinski definition) is 1. The number of benzene rings is 1. The number of thioether (sulfide) groups is 1. The van der Waals surface area contributed by atoms with Gasteiger partial charge in [-0.15, -0.1) is 6.58 Å². The maximum atomic E-state index is 3.75. The highest BCUT2D eigenvalue weighted by atomic mass is 32.2. The molecule has 0 bridgehead atoms. The van der Waals surface area contributed by atoms with E-state index in [1.54, 1.807) is 0 Å². The monoisotopic (exact) mass is 275 g/mol. The largest absolute Gasteiger partial charge is 0.309 e. The Kier molecular flexibility index (Phi) is 5.12. The first kappa shape index (κ1) is 14.7. The standard InChI is InChI=1S/C17H25NS/c1-4-12-19-13-11-18-16-9-10-17(2,3)15-8-6-5-7-14(15)16/h4-8,16,18H,1,9-13H2,2-3H3. The molecule has 2 heteroatoms. The van der Waals surface area contributed by atoms with E-state index >= 15 is 0 Å². The molecule has 1 nitrogen and oxygen atoms in total. The molecular weight excluding hydrogens is 250 g/mol. The van der Waals surface area contributed by atoms with Crippen LogP contribution in [0.15, 0.2) is 36.9 Å². The molecule has 0 aromatic heterocycles. The molecule has 0 saturated carbocycles. The Balaban J connectivity index is 1.98. The van der Waals surface area contributed by atoms with Crippen LogP contribution in [-0.2, 0) is 5.41 Å². The molecule has 1 atom stereocenters. The lowest BCUT2D eigenvalue weighted by molar-refractivity contribution is 0.363. The Morgan fingerprint density at radius 2 is 2.21 bits per heavy atom. The van der Waals surface area contributed by atoms with Crippen molar-refractivity contribution in [2.24, 2.45) is 0 Å². The summed E-state index contributed by atoms with van der Waals surface area (Å²) in [6.07, 6.45) is 4.49. The summed E-state index contributed by atoms with van der Waals surface area (Å²) in [5.41, 5.74) is 3.36. The second-order valence-corrected chi connectivity index (χ2v) is 7.03. The first-order chi connectivity index (χ1) is 9.15. The molecule has 1 unspecified atom stereocenters. The summed E-state index contributed by atoms with van der Waals surface area (Å²) in [6.45, 7) is 9.56. The molecule has 0 fully saturated rings. The molecule has 0 spiro atoms. The minimum atomic E-state index is 0.326. The molecule has 1 aliphatic carbocycles. The maximum absolute atomic E-state index is 3.75. The fourth-order valence-corrected chi connectivity index (χ4v) is 3.49. The summed E-state index contributed by atoms with van der Waals surface area (Å²) >= 11 is 1.94. The summed E-state index contributed by atoms with van der Waals surface area (Å²) in [6, 6.07) is 9.47. The van der Waals surface area contributed by atoms with Gasteiger partial charge in [0, 0.05) is 24.1 Å². The number of rotatable bonds is 6. The van der Waals surface area contributed by atoms with Crippen LogP contribution in [0.2, 0.25) is 0 Å². The van der Waals surface area contributed by atoms with Crippen LogP contribution < -0.4 is 5.32 Å². The molecule has 2 rings (SSSR count). The quantitative estimate of drug-likeness (QED) is 0.613. The smallest absolute Gasteiger partial charge is 0.0323 e. The van der Waals surface area contributed by atoms with E-state index in [1.807, 2.05) is 17.8 Å². The lowest BCUT2D eigenvalue weighted by Crippen LogP contribution is -2.33. The van der Waals surface area contributed by atoms with Crippen molar-refractivity contribution in [3.63, 3.8) is 0 Å². The first-order valence-corrected chi connectivity index (χ1v) is 8.32. The second kappa shape index (κ2) is 6.62. The topological polar surface area (TPSA) is 12.0 Å². The number of fused-ring (bicyclic) bond motifs is 1. The molecule has 1 aromatic rings. The summed E-state index contributed by atoms with van der Waals surface area (Å²) < 4.78 is 0. The van der Waals surface area contributed by atoms with Crippen molar-refractivity contribution in [2.45, 2.75) is 38.1 Å². The Morgan fingerprint density at radius 1 is 1.42 bits per heavy atom. The SMILES string of the molecule is C=CCSCCNC1CCC(C)(C)c2ccccc21. The zero-order chi connectivity index (χ0) is 13.7. The van der Waals surface area contributed by atoms with Gasteiger partial charge in [0.25, 0.3) is 0 Å². The van der Waals surface area contributed by atoms with Crippen molar-refractivity contribution in [1.82, 2.24) is 5.32 Å². The highest BCUT2D eigenvalue weighted by molar-refractivity contribution is 7.99. The van der Waals surface area contributed by atoms with Gasteiger partial charge < -0.3 is 5.32 Å². The molecule has 19 heavy (non-hydrogen) atoms. The Bertz CT molecular complexity index is 425. The third-order valence-electron chi connectivity index (χ3n) is 4.00. The molecule has 0 radical (unpaired) electrons. The van der Waals surface area contributed by atoms with Gasteiger partial charge in [0.1, 0.15) is 0 Å². The molecule has 0 saturated heterocycles. The van der Waals surface area contributed by atoms with Gasteiger partial charge in [-0.2, -0.15) is 11.8 Å². The van der Waals surface area contributed by atoms with Crippen molar-refractivity contribution in [2.75, 3.05) is 18.1 Å². The van der Waals surface area contributed by atoms with Crippen LogP contribution in [0, 0.1) is 0 Å². The third kappa shape index (κ3) is 3.64. The van der Waals surface area contributed by atoms with Crippen LogP contribution in [0.25, 0.3) is 0 Å². The molecule has 1 aromatic carbocycles. The molecule has 0 aliphatic heterocycles. The van der Waals surface area contributed by atoms with Crippen LogP contribution in [0.4, 0.5) is 0 Å². The van der Waals surface area contributed by atoms with Crippen LogP contribution in [0.1, 0.15) is 43.9 Å². The van der Waals surface area contributed by atoms with Gasteiger partial charge in [-0.1, -0.05) is 44.2 Å². The Hall–Kier alpha value is -0.730. The van der Waals surface area contributed by atoms with Crippen molar-refractivity contribution in [1.29, 1.82) is 0 Å².